The van der Waals surface area contributed by atoms with Gasteiger partial charge in [0, 0.05) is 30.7 Å². The van der Waals surface area contributed by atoms with E-state index in [1.807, 2.05) is 43.1 Å². The molecule has 3 N–H and O–H groups in total. The van der Waals surface area contributed by atoms with Gasteiger partial charge in [-0.25, -0.2) is 4.57 Å². The van der Waals surface area contributed by atoms with Gasteiger partial charge in [0.15, 0.2) is 25.2 Å². The van der Waals surface area contributed by atoms with Crippen molar-refractivity contribution in [3.05, 3.63) is 133 Å². The number of benzene rings is 2. The van der Waals surface area contributed by atoms with Crippen LogP contribution in [0.2, 0.25) is 0 Å². The number of imidazole rings is 1. The lowest BCUT2D eigenvalue weighted by Crippen LogP contribution is -2.79. The van der Waals surface area contributed by atoms with Gasteiger partial charge >= 0.3 is 6.39 Å². The van der Waals surface area contributed by atoms with Crippen LogP contribution < -0.4 is 19.0 Å². The summed E-state index contributed by atoms with van der Waals surface area (Å²) in [5, 5.41) is 2.22. The smallest absolute Gasteiger partial charge is 0.334 e. The molecule has 0 radical (unpaired) electrons. The van der Waals surface area contributed by atoms with Gasteiger partial charge in [-0.05, 0) is 46.8 Å². The third-order valence-electron chi connectivity index (χ3n) is 7.71. The van der Waals surface area contributed by atoms with E-state index in [0.29, 0.717) is 11.8 Å². The zero-order valence-electron chi connectivity index (χ0n) is 30.6. The van der Waals surface area contributed by atoms with Crippen LogP contribution >= 0.6 is 0 Å². The van der Waals surface area contributed by atoms with Crippen molar-refractivity contribution in [2.24, 2.45) is 11.8 Å². The molecule has 6 nitrogen and oxygen atoms in total. The van der Waals surface area contributed by atoms with Gasteiger partial charge in [0.1, 0.15) is 18.9 Å². The quantitative estimate of drug-likeness (QED) is 0.134. The predicted octanol–water partition coefficient (Wildman–Crippen LogP) is 9.31. The second kappa shape index (κ2) is 27.8. The van der Waals surface area contributed by atoms with Crippen LogP contribution in [0.15, 0.2) is 121 Å². The van der Waals surface area contributed by atoms with Crippen molar-refractivity contribution in [3.63, 3.8) is 0 Å². The minimum Gasteiger partial charge on any atom is -0.412 e. The summed E-state index contributed by atoms with van der Waals surface area (Å²) < 4.78 is 11.2. The molecule has 6 heteroatoms. The molecule has 5 aromatic rings. The molecular formula is C44H75N5O+4. The van der Waals surface area contributed by atoms with Crippen LogP contribution in [0.1, 0.15) is 119 Å². The van der Waals surface area contributed by atoms with Gasteiger partial charge in [-0.15, -0.1) is 0 Å². The molecule has 0 aliphatic heterocycles. The first-order valence-electron chi connectivity index (χ1n) is 17.4. The molecule has 50 heavy (non-hydrogen) atoms. The normalized spacial score (nSPS) is 10.0. The summed E-state index contributed by atoms with van der Waals surface area (Å²) in [4.78, 5) is 3.04. The molecule has 0 aliphatic carbocycles. The third kappa shape index (κ3) is 20.5. The molecule has 0 atom stereocenters. The van der Waals surface area contributed by atoms with Crippen molar-refractivity contribution in [1.82, 2.24) is 4.98 Å². The Morgan fingerprint density at radius 1 is 0.660 bits per heavy atom. The van der Waals surface area contributed by atoms with E-state index in [-0.39, 0.29) is 22.3 Å². The Labute approximate surface area is 307 Å². The van der Waals surface area contributed by atoms with E-state index in [1.165, 1.54) is 41.8 Å². The summed E-state index contributed by atoms with van der Waals surface area (Å²) in [7, 11) is 2.11. The number of hydrogen-bond acceptors (Lipinski definition) is 1. The van der Waals surface area contributed by atoms with Gasteiger partial charge in [-0.3, -0.25) is 4.98 Å². The van der Waals surface area contributed by atoms with Crippen LogP contribution in [0.4, 0.5) is 0 Å². The van der Waals surface area contributed by atoms with Gasteiger partial charge in [0.2, 0.25) is 18.2 Å². The molecule has 0 spiro atoms. The number of aryl methyl sites for hydroxylation is 1. The van der Waals surface area contributed by atoms with Gasteiger partial charge in [0.05, 0.1) is 13.6 Å². The van der Waals surface area contributed by atoms with Crippen molar-refractivity contribution in [2.45, 2.75) is 115 Å². The Kier molecular flexibility index (Phi) is 26.7. The predicted molar refractivity (Wildman–Crippen MR) is 213 cm³/mol. The second-order valence-electron chi connectivity index (χ2n) is 13.5. The number of quaternary nitrogens is 1. The summed E-state index contributed by atoms with van der Waals surface area (Å²) >= 11 is 0. The number of oxazole rings is 1. The number of hydrogen-bond donors (Lipinski definition) is 2. The van der Waals surface area contributed by atoms with Crippen LogP contribution in [0.25, 0.3) is 5.69 Å². The number of pyridine rings is 1. The average molecular weight is 690 g/mol. The molecule has 0 aliphatic rings. The third-order valence-corrected chi connectivity index (χ3v) is 7.71. The van der Waals surface area contributed by atoms with Crippen molar-refractivity contribution in [1.29, 1.82) is 0 Å². The van der Waals surface area contributed by atoms with Gasteiger partial charge in [0.25, 0.3) is 0 Å². The SMILES string of the molecule is C.C.C.CC(C)CC[n+]1ccoc1.CC(C)c1ccc(-[n+]2ccccc2)cc1.CC(C)c1ccc(C[n+]2cc[nH]c2)cc1.C[NH2+]CCC(C)C. The molecule has 0 bridgehead atoms. The molecule has 5 rings (SSSR count). The highest BCUT2D eigenvalue weighted by Gasteiger charge is 2.05. The Bertz CT molecular complexity index is 1410. The Morgan fingerprint density at radius 3 is 1.64 bits per heavy atom. The zero-order chi connectivity index (χ0) is 34.4. The second-order valence-corrected chi connectivity index (χ2v) is 13.5. The molecule has 0 unspecified atom stereocenters. The van der Waals surface area contributed by atoms with Gasteiger partial charge in [-0.1, -0.05) is 120 Å². The summed E-state index contributed by atoms with van der Waals surface area (Å²) in [6, 6.07) is 23.7. The van der Waals surface area contributed by atoms with Crippen LogP contribution in [0.3, 0.4) is 0 Å². The number of nitrogens with one attached hydrogen (secondary N) is 1. The van der Waals surface area contributed by atoms with Gasteiger partial charge < -0.3 is 9.73 Å². The van der Waals surface area contributed by atoms with Crippen LogP contribution in [-0.4, -0.2) is 18.6 Å². The number of nitrogens with zero attached hydrogens (tertiary/aromatic N) is 3. The minimum atomic E-state index is 0. The van der Waals surface area contributed by atoms with E-state index in [1.54, 1.807) is 12.7 Å². The number of aromatic nitrogens is 4. The number of H-pyrrole nitrogens is 1. The molecular weight excluding hydrogens is 615 g/mol. The highest BCUT2D eigenvalue weighted by atomic mass is 16.3. The maximum Gasteiger partial charge on any atom is 0.334 e. The molecule has 2 aromatic carbocycles. The van der Waals surface area contributed by atoms with Crippen LogP contribution in [0, 0.1) is 11.8 Å². The lowest BCUT2D eigenvalue weighted by Gasteiger charge is -2.05. The summed E-state index contributed by atoms with van der Waals surface area (Å²) in [6.45, 7) is 21.1. The van der Waals surface area contributed by atoms with E-state index in [0.717, 1.165) is 24.9 Å². The molecule has 3 aromatic heterocycles. The van der Waals surface area contributed by atoms with Crippen LogP contribution in [-0.2, 0) is 13.1 Å². The molecule has 3 heterocycles. The summed E-state index contributed by atoms with van der Waals surface area (Å²) in [5.74, 6) is 2.84. The van der Waals surface area contributed by atoms with Crippen molar-refractivity contribution in [3.8, 4) is 5.69 Å². The van der Waals surface area contributed by atoms with E-state index < -0.39 is 0 Å². The number of rotatable bonds is 11. The van der Waals surface area contributed by atoms with Crippen molar-refractivity contribution < 1.29 is 23.4 Å². The summed E-state index contributed by atoms with van der Waals surface area (Å²) in [5.41, 5.74) is 5.33. The summed E-state index contributed by atoms with van der Waals surface area (Å²) in [6.07, 6.45) is 18.0. The highest BCUT2D eigenvalue weighted by Crippen LogP contribution is 2.15. The maximum atomic E-state index is 4.91. The first-order valence-corrected chi connectivity index (χ1v) is 17.4. The fraction of sp³-hybridized carbons (Fsp3) is 0.477. The Balaban J connectivity index is 0. The van der Waals surface area contributed by atoms with Crippen molar-refractivity contribution in [2.75, 3.05) is 13.6 Å². The van der Waals surface area contributed by atoms with E-state index in [2.05, 4.69) is 147 Å². The largest absolute Gasteiger partial charge is 0.412 e. The molecule has 278 valence electrons. The standard InChI is InChI=1S/C14H16N.C13H16N2.C8H14NO.C6H15N.3CH4/c1-12(2)13-6-8-14(9-7-13)15-10-4-3-5-11-15;1-11(2)13-5-3-12(4-6-13)9-15-8-7-14-10-15;1-8(2)3-4-9-5-6-10-7-9;1-6(2)4-5-7-3;;;/h3-12H,1-2H3;3-8,10-11H,9H2,1-2H3;5-8H,3-4H2,1-2H3;6-7H,4-5H2,1-3H3;3*1H4/q+1;;+1;;;;/p+2. The minimum absolute atomic E-state index is 0. The Morgan fingerprint density at radius 2 is 1.22 bits per heavy atom. The van der Waals surface area contributed by atoms with E-state index in [4.69, 9.17) is 4.42 Å². The number of nitrogens with two attached hydrogens (primary N) is 1. The highest BCUT2D eigenvalue weighted by molar-refractivity contribution is 5.29. The molecule has 0 saturated heterocycles. The average Bonchev–Trinajstić information content (AvgIpc) is 3.79. The fourth-order valence-corrected chi connectivity index (χ4v) is 4.54. The Hall–Kier alpha value is -4.03. The number of aromatic amines is 1. The monoisotopic (exact) mass is 690 g/mol. The van der Waals surface area contributed by atoms with Crippen molar-refractivity contribution >= 4 is 0 Å². The molecule has 0 amide bonds. The van der Waals surface area contributed by atoms with Gasteiger partial charge in [-0.2, -0.15) is 9.13 Å². The van der Waals surface area contributed by atoms with E-state index in [9.17, 15) is 0 Å². The molecule has 0 saturated carbocycles. The zero-order valence-corrected chi connectivity index (χ0v) is 30.6. The lowest BCUT2D eigenvalue weighted by atomic mass is 10.0. The molecule has 0 fully saturated rings. The van der Waals surface area contributed by atoms with Crippen LogP contribution in [0.5, 0.6) is 0 Å². The first-order chi connectivity index (χ1) is 22.6. The maximum absolute atomic E-state index is 4.91. The lowest BCUT2D eigenvalue weighted by molar-refractivity contribution is -0.700. The van der Waals surface area contributed by atoms with E-state index >= 15 is 0 Å². The fourth-order valence-electron chi connectivity index (χ4n) is 4.54. The topological polar surface area (TPSA) is 57.2 Å². The first kappa shape index (κ1) is 48.1.